The first-order valence-corrected chi connectivity index (χ1v) is 18.9. The van der Waals surface area contributed by atoms with E-state index < -0.39 is 90.2 Å². The van der Waals surface area contributed by atoms with Crippen LogP contribution in [0, 0.1) is 17.6 Å². The first-order chi connectivity index (χ1) is 30.2. The van der Waals surface area contributed by atoms with Crippen LogP contribution in [0.4, 0.5) is 38.7 Å². The highest BCUT2D eigenvalue weighted by Gasteiger charge is 2.39. The van der Waals surface area contributed by atoms with Crippen LogP contribution in [0.25, 0.3) is 22.4 Å². The molecule has 1 aliphatic rings. The number of imide groups is 1. The first-order valence-electron chi connectivity index (χ1n) is 21.4. The van der Waals surface area contributed by atoms with E-state index in [4.69, 9.17) is 13.6 Å². The van der Waals surface area contributed by atoms with Gasteiger partial charge in [-0.2, -0.15) is 4.90 Å². The van der Waals surface area contributed by atoms with Gasteiger partial charge in [0.1, 0.15) is 29.5 Å². The highest BCUT2D eigenvalue weighted by Crippen LogP contribution is 2.35. The monoisotopic (exact) mass is 841 g/mol. The van der Waals surface area contributed by atoms with Gasteiger partial charge in [0.05, 0.1) is 44.3 Å². The number of carbonyl (C=O) groups is 2. The number of benzene rings is 2. The van der Waals surface area contributed by atoms with Crippen LogP contribution in [0.1, 0.15) is 65.9 Å². The van der Waals surface area contributed by atoms with Crippen molar-refractivity contribution in [1.82, 2.24) is 29.8 Å². The SMILES string of the molecule is [2H]C([2H])([2H])Oc1cc(F)c(-c2cc(C([2H])([2H])n3cnc4c(N(C(=O)OC(C)(C)C)C(=O)OC(C)(C)C)ncnc43)c(N3CC[C@@H](NCc4ccccc4)C([C@H](O)C(F)F)C3)cn2)cc1F. The van der Waals surface area contributed by atoms with Crippen molar-refractivity contribution < 1.29 is 53.3 Å². The van der Waals surface area contributed by atoms with Gasteiger partial charge >= 0.3 is 12.2 Å². The summed E-state index contributed by atoms with van der Waals surface area (Å²) < 4.78 is 118. The molecular formula is C42H48F4N8O6. The molecule has 18 heteroatoms. The number of pyridine rings is 1. The van der Waals surface area contributed by atoms with Crippen molar-refractivity contribution in [2.45, 2.75) is 90.8 Å². The van der Waals surface area contributed by atoms with Crippen molar-refractivity contribution >= 4 is 34.9 Å². The van der Waals surface area contributed by atoms with Crippen LogP contribution in [0.5, 0.6) is 5.75 Å². The highest BCUT2D eigenvalue weighted by molar-refractivity contribution is 6.12. The Morgan fingerprint density at radius 2 is 1.70 bits per heavy atom. The van der Waals surface area contributed by atoms with Gasteiger partial charge in [0, 0.05) is 43.2 Å². The molecule has 2 N–H and O–H groups in total. The number of methoxy groups -OCH3 is 1. The molecule has 1 fully saturated rings. The molecule has 1 unspecified atom stereocenters. The maximum Gasteiger partial charge on any atom is 0.425 e. The van der Waals surface area contributed by atoms with Gasteiger partial charge in [0.2, 0.25) is 0 Å². The molecule has 1 aliphatic heterocycles. The lowest BCUT2D eigenvalue weighted by atomic mass is 9.86. The molecule has 3 atom stereocenters. The second-order valence-corrected chi connectivity index (χ2v) is 16.0. The van der Waals surface area contributed by atoms with Gasteiger partial charge in [-0.25, -0.2) is 42.1 Å². The lowest BCUT2D eigenvalue weighted by Crippen LogP contribution is -2.55. The summed E-state index contributed by atoms with van der Waals surface area (Å²) in [6, 6.07) is 10.8. The van der Waals surface area contributed by atoms with Gasteiger partial charge in [-0.1, -0.05) is 30.3 Å². The van der Waals surface area contributed by atoms with Gasteiger partial charge in [-0.15, -0.1) is 0 Å². The van der Waals surface area contributed by atoms with Crippen molar-refractivity contribution in [1.29, 1.82) is 0 Å². The first kappa shape index (κ1) is 37.1. The minimum atomic E-state index is -3.14. The van der Waals surface area contributed by atoms with E-state index in [0.29, 0.717) is 23.6 Å². The Labute approximate surface area is 351 Å². The Balaban J connectivity index is 1.49. The van der Waals surface area contributed by atoms with Crippen LogP contribution in [-0.4, -0.2) is 91.7 Å². The molecule has 0 bridgehead atoms. The summed E-state index contributed by atoms with van der Waals surface area (Å²) in [4.78, 5) is 46.2. The number of imidazole rings is 1. The summed E-state index contributed by atoms with van der Waals surface area (Å²) in [5.41, 5.74) is -3.05. The zero-order valence-corrected chi connectivity index (χ0v) is 33.6. The number of nitrogens with zero attached hydrogens (tertiary/aromatic N) is 7. The van der Waals surface area contributed by atoms with Crippen molar-refractivity contribution in [3.8, 4) is 17.0 Å². The van der Waals surface area contributed by atoms with E-state index in [-0.39, 0.29) is 47.6 Å². The fourth-order valence-corrected chi connectivity index (χ4v) is 6.63. The zero-order valence-electron chi connectivity index (χ0n) is 38.6. The van der Waals surface area contributed by atoms with Crippen LogP contribution < -0.4 is 19.9 Å². The molecule has 5 aromatic rings. The molecule has 6 rings (SSSR count). The number of ether oxygens (including phenoxy) is 3. The molecule has 0 aliphatic carbocycles. The Hall–Kier alpha value is -5.88. The molecule has 1 saturated heterocycles. The number of hydrogen-bond donors (Lipinski definition) is 2. The van der Waals surface area contributed by atoms with Crippen LogP contribution in [0.3, 0.4) is 0 Å². The molecule has 4 heterocycles. The average molecular weight is 842 g/mol. The standard InChI is InChI=1S/C42H48F4N8O6/c1-41(2,3)59-39(56)54(40(57)60-42(4,5)6)38-34-37(49-22-50-38)53(23-51-34)20-25-15-31(26-16-29(44)33(58-7)17-28(26)43)48-19-32(25)52-14-13-30(27(21-52)35(55)36(45)46)47-18-24-11-9-8-10-12-24/h8-12,15-17,19,22-23,27,30,35-36,47,55H,13-14,18,20-21H2,1-7H3/t27?,30-,35+/m1/s1/i7D3,20D2. The number of fused-ring (bicyclic) bond motifs is 1. The quantitative estimate of drug-likeness (QED) is 0.126. The summed E-state index contributed by atoms with van der Waals surface area (Å²) in [5.74, 6) is -4.92. The number of carbonyl (C=O) groups excluding carboxylic acids is 2. The molecule has 0 spiro atoms. The Morgan fingerprint density at radius 1 is 1.00 bits per heavy atom. The predicted octanol–water partition coefficient (Wildman–Crippen LogP) is 7.51. The fourth-order valence-electron chi connectivity index (χ4n) is 6.63. The topological polar surface area (TPSA) is 157 Å². The molecule has 320 valence electrons. The molecule has 3 aromatic heterocycles. The van der Waals surface area contributed by atoms with Crippen molar-refractivity contribution in [3.63, 3.8) is 0 Å². The van der Waals surface area contributed by atoms with Gasteiger partial charge in [-0.05, 0) is 71.2 Å². The lowest BCUT2D eigenvalue weighted by Gasteiger charge is -2.42. The number of rotatable bonds is 11. The van der Waals surface area contributed by atoms with Crippen LogP contribution >= 0.6 is 0 Å². The number of anilines is 2. The van der Waals surface area contributed by atoms with Crippen LogP contribution in [-0.2, 0) is 22.5 Å². The maximum absolute atomic E-state index is 15.8. The van der Waals surface area contributed by atoms with Gasteiger partial charge < -0.3 is 34.1 Å². The number of hydrogen-bond acceptors (Lipinski definition) is 12. The summed E-state index contributed by atoms with van der Waals surface area (Å²) in [5, 5.41) is 14.1. The van der Waals surface area contributed by atoms with E-state index in [0.717, 1.165) is 35.0 Å². The molecule has 2 amide bonds. The minimum absolute atomic E-state index is 0.00442. The number of nitrogens with one attached hydrogen (secondary N) is 1. The highest BCUT2D eigenvalue weighted by atomic mass is 19.3. The maximum atomic E-state index is 15.8. The van der Waals surface area contributed by atoms with Gasteiger partial charge in [0.25, 0.3) is 6.43 Å². The number of aliphatic hydroxyl groups excluding tert-OH is 1. The molecule has 2 aromatic carbocycles. The fraction of sp³-hybridized carbons (Fsp3) is 0.429. The number of piperidine rings is 1. The van der Waals surface area contributed by atoms with Crippen molar-refractivity contribution in [3.05, 3.63) is 90.1 Å². The predicted molar refractivity (Wildman–Crippen MR) is 215 cm³/mol. The third-order valence-electron chi connectivity index (χ3n) is 9.32. The zero-order chi connectivity index (χ0) is 47.8. The summed E-state index contributed by atoms with van der Waals surface area (Å²) in [6.07, 6.45) is -4.38. The largest absolute Gasteiger partial charge is 0.494 e. The van der Waals surface area contributed by atoms with Crippen LogP contribution in [0.2, 0.25) is 0 Å². The van der Waals surface area contributed by atoms with Crippen molar-refractivity contribution in [2.24, 2.45) is 5.92 Å². The smallest absolute Gasteiger partial charge is 0.425 e. The van der Waals surface area contributed by atoms with Crippen molar-refractivity contribution in [2.75, 3.05) is 29.9 Å². The van der Waals surface area contributed by atoms with E-state index in [1.807, 2.05) is 30.3 Å². The van der Waals surface area contributed by atoms with Gasteiger partial charge in [0.15, 0.2) is 28.5 Å². The van der Waals surface area contributed by atoms with Gasteiger partial charge in [-0.3, -0.25) is 4.98 Å². The Morgan fingerprint density at radius 3 is 2.35 bits per heavy atom. The Bertz CT molecular complexity index is 2500. The second-order valence-electron chi connectivity index (χ2n) is 16.0. The number of amides is 2. The van der Waals surface area contributed by atoms with E-state index in [9.17, 15) is 26.2 Å². The third kappa shape index (κ3) is 10.1. The lowest BCUT2D eigenvalue weighted by molar-refractivity contribution is -0.0497. The molecule has 60 heavy (non-hydrogen) atoms. The number of aliphatic hydroxyl groups is 1. The number of halogens is 4. The normalized spacial score (nSPS) is 18.2. The third-order valence-corrected chi connectivity index (χ3v) is 9.32. The van der Waals surface area contributed by atoms with E-state index >= 15 is 8.78 Å². The molecular weight excluding hydrogens is 789 g/mol. The minimum Gasteiger partial charge on any atom is -0.494 e. The van der Waals surface area contributed by atoms with E-state index in [1.54, 1.807) is 41.5 Å². The summed E-state index contributed by atoms with van der Waals surface area (Å²) in [7, 11) is -3.12. The van der Waals surface area contributed by atoms with Crippen LogP contribution in [0.15, 0.2) is 67.4 Å². The summed E-state index contributed by atoms with van der Waals surface area (Å²) >= 11 is 0. The van der Waals surface area contributed by atoms with E-state index in [2.05, 4.69) is 30.0 Å². The summed E-state index contributed by atoms with van der Waals surface area (Å²) in [6.45, 7) is 6.76. The molecule has 14 nitrogen and oxygen atoms in total. The molecule has 0 saturated carbocycles. The number of aromatic nitrogens is 5. The average Bonchev–Trinajstić information content (AvgIpc) is 3.65. The molecule has 0 radical (unpaired) electrons. The Kier molecular flexibility index (Phi) is 11.0. The number of alkyl halides is 2. The second kappa shape index (κ2) is 17.8. The van der Waals surface area contributed by atoms with E-state index in [1.165, 1.54) is 4.90 Å².